The minimum Gasteiger partial charge on any atom is -0.407 e. The van der Waals surface area contributed by atoms with Gasteiger partial charge in [0.1, 0.15) is 5.60 Å². The van der Waals surface area contributed by atoms with Gasteiger partial charge >= 0.3 is 0 Å². The SMILES string of the molecule is CC1=C[C@@H](CN2CCCC2)[C@@](O)(CC(C)CO[Si](c2ccccc2)(c2ccccc2)C(C)(C)C)C1=O. The number of hydrogen-bond acceptors (Lipinski definition) is 4. The largest absolute Gasteiger partial charge is 0.407 e. The lowest BCUT2D eigenvalue weighted by molar-refractivity contribution is -0.138. The Bertz CT molecular complexity index is 1020. The number of carbonyl (C=O) groups is 1. The molecule has 36 heavy (non-hydrogen) atoms. The maximum absolute atomic E-state index is 13.2. The molecule has 1 N–H and O–H groups in total. The first-order valence-electron chi connectivity index (χ1n) is 13.5. The average Bonchev–Trinajstić information content (AvgIpc) is 3.43. The van der Waals surface area contributed by atoms with E-state index in [2.05, 4.69) is 93.3 Å². The van der Waals surface area contributed by atoms with E-state index in [-0.39, 0.29) is 22.7 Å². The molecule has 4 rings (SSSR count). The molecule has 0 spiro atoms. The summed E-state index contributed by atoms with van der Waals surface area (Å²) in [4.78, 5) is 15.6. The number of ketones is 1. The van der Waals surface area contributed by atoms with Gasteiger partial charge in [-0.05, 0) is 66.2 Å². The van der Waals surface area contributed by atoms with E-state index in [0.717, 1.165) is 19.6 Å². The fourth-order valence-corrected chi connectivity index (χ4v) is 11.0. The summed E-state index contributed by atoms with van der Waals surface area (Å²) < 4.78 is 7.10. The Balaban J connectivity index is 1.58. The number of nitrogens with zero attached hydrogens (tertiary/aromatic N) is 1. The van der Waals surface area contributed by atoms with Crippen molar-refractivity contribution in [1.82, 2.24) is 4.90 Å². The summed E-state index contributed by atoms with van der Waals surface area (Å²) in [7, 11) is -2.66. The molecule has 1 aliphatic heterocycles. The summed E-state index contributed by atoms with van der Waals surface area (Å²) in [6.07, 6.45) is 4.82. The van der Waals surface area contributed by atoms with Crippen molar-refractivity contribution in [3.8, 4) is 0 Å². The first kappa shape index (κ1) is 27.0. The third-order valence-electron chi connectivity index (χ3n) is 8.13. The summed E-state index contributed by atoms with van der Waals surface area (Å²) in [6.45, 7) is 14.1. The van der Waals surface area contributed by atoms with Crippen molar-refractivity contribution in [3.63, 3.8) is 0 Å². The van der Waals surface area contributed by atoms with Crippen LogP contribution in [0.25, 0.3) is 0 Å². The van der Waals surface area contributed by atoms with Gasteiger partial charge in [-0.2, -0.15) is 0 Å². The molecule has 2 aromatic rings. The Morgan fingerprint density at radius 1 is 1.03 bits per heavy atom. The highest BCUT2D eigenvalue weighted by atomic mass is 28.4. The molecule has 1 unspecified atom stereocenters. The molecule has 0 bridgehead atoms. The molecular weight excluding hydrogens is 462 g/mol. The van der Waals surface area contributed by atoms with E-state index in [0.29, 0.717) is 18.6 Å². The molecule has 2 aromatic carbocycles. The Morgan fingerprint density at radius 2 is 1.56 bits per heavy atom. The zero-order valence-electron chi connectivity index (χ0n) is 22.7. The van der Waals surface area contributed by atoms with Crippen LogP contribution in [0.2, 0.25) is 5.04 Å². The number of aliphatic hydroxyl groups is 1. The van der Waals surface area contributed by atoms with Crippen molar-refractivity contribution in [2.24, 2.45) is 11.8 Å². The highest BCUT2D eigenvalue weighted by Gasteiger charge is 2.52. The van der Waals surface area contributed by atoms with Gasteiger partial charge in [0.05, 0.1) is 0 Å². The Labute approximate surface area is 218 Å². The lowest BCUT2D eigenvalue weighted by Crippen LogP contribution is -2.67. The summed E-state index contributed by atoms with van der Waals surface area (Å²) in [6, 6.07) is 21.3. The number of carbonyl (C=O) groups excluding carboxylic acids is 1. The summed E-state index contributed by atoms with van der Waals surface area (Å²) in [5, 5.41) is 14.2. The molecule has 1 aliphatic carbocycles. The topological polar surface area (TPSA) is 49.8 Å². The van der Waals surface area contributed by atoms with Crippen LogP contribution in [0.4, 0.5) is 0 Å². The van der Waals surface area contributed by atoms with E-state index in [1.165, 1.54) is 23.2 Å². The first-order valence-corrected chi connectivity index (χ1v) is 15.4. The summed E-state index contributed by atoms with van der Waals surface area (Å²) in [5.41, 5.74) is -0.650. The smallest absolute Gasteiger partial charge is 0.261 e. The minimum absolute atomic E-state index is 0.0287. The molecule has 0 amide bonds. The van der Waals surface area contributed by atoms with E-state index < -0.39 is 13.9 Å². The fourth-order valence-electron chi connectivity index (χ4n) is 6.34. The zero-order chi connectivity index (χ0) is 26.0. The van der Waals surface area contributed by atoms with Crippen LogP contribution in [0.1, 0.15) is 53.9 Å². The van der Waals surface area contributed by atoms with Gasteiger partial charge in [-0.1, -0.05) is 94.4 Å². The predicted octanol–water partition coefficient (Wildman–Crippen LogP) is 4.56. The molecule has 1 heterocycles. The zero-order valence-corrected chi connectivity index (χ0v) is 23.7. The van der Waals surface area contributed by atoms with Crippen LogP contribution in [0.3, 0.4) is 0 Å². The molecule has 0 radical (unpaired) electrons. The van der Waals surface area contributed by atoms with Crippen LogP contribution < -0.4 is 10.4 Å². The normalized spacial score (nSPS) is 24.2. The Morgan fingerprint density at radius 3 is 2.06 bits per heavy atom. The molecule has 194 valence electrons. The number of hydrogen-bond donors (Lipinski definition) is 1. The van der Waals surface area contributed by atoms with Gasteiger partial charge in [-0.15, -0.1) is 0 Å². The summed E-state index contributed by atoms with van der Waals surface area (Å²) >= 11 is 0. The first-order chi connectivity index (χ1) is 17.1. The highest BCUT2D eigenvalue weighted by Crippen LogP contribution is 2.40. The molecule has 0 aromatic heterocycles. The lowest BCUT2D eigenvalue weighted by atomic mass is 9.81. The van der Waals surface area contributed by atoms with Crippen LogP contribution >= 0.6 is 0 Å². The lowest BCUT2D eigenvalue weighted by Gasteiger charge is -2.44. The second-order valence-corrected chi connectivity index (χ2v) is 16.3. The highest BCUT2D eigenvalue weighted by molar-refractivity contribution is 6.99. The van der Waals surface area contributed by atoms with Crippen LogP contribution in [-0.4, -0.2) is 55.9 Å². The third kappa shape index (κ3) is 5.17. The van der Waals surface area contributed by atoms with Crippen molar-refractivity contribution in [2.45, 2.75) is 64.5 Å². The van der Waals surface area contributed by atoms with Gasteiger partial charge in [0.2, 0.25) is 0 Å². The third-order valence-corrected chi connectivity index (χ3v) is 13.1. The molecule has 1 fully saturated rings. The van der Waals surface area contributed by atoms with E-state index in [9.17, 15) is 9.90 Å². The number of benzene rings is 2. The Hall–Kier alpha value is -2.05. The average molecular weight is 506 g/mol. The molecule has 4 nitrogen and oxygen atoms in total. The van der Waals surface area contributed by atoms with Crippen LogP contribution in [0, 0.1) is 11.8 Å². The molecule has 3 atom stereocenters. The molecule has 1 saturated heterocycles. The standard InChI is InChI=1S/C31H43NO3Si/c1-24(21-31(34)26(20-25(2)29(31)33)22-32-18-12-13-19-32)23-35-36(30(3,4)5,27-14-8-6-9-15-27)28-16-10-7-11-17-28/h6-11,14-17,20,24,26,34H,12-13,18-19,21-23H2,1-5H3/t24?,26-,31-/m0/s1. The van der Waals surface area contributed by atoms with Crippen molar-refractivity contribution in [3.05, 3.63) is 72.3 Å². The minimum atomic E-state index is -2.66. The van der Waals surface area contributed by atoms with Crippen LogP contribution in [0.15, 0.2) is 72.3 Å². The molecule has 2 aliphatic rings. The van der Waals surface area contributed by atoms with Crippen molar-refractivity contribution in [2.75, 3.05) is 26.2 Å². The fraction of sp³-hybridized carbons (Fsp3) is 0.516. The van der Waals surface area contributed by atoms with Gasteiger partial charge in [-0.25, -0.2) is 0 Å². The molecular formula is C31H43NO3Si. The summed E-state index contributed by atoms with van der Waals surface area (Å²) in [5.74, 6) is -0.233. The van der Waals surface area contributed by atoms with Gasteiger partial charge in [-0.3, -0.25) is 4.79 Å². The monoisotopic (exact) mass is 505 g/mol. The van der Waals surface area contributed by atoms with Gasteiger partial charge in [0.25, 0.3) is 8.32 Å². The number of rotatable bonds is 9. The second kappa shape index (κ2) is 10.7. The van der Waals surface area contributed by atoms with E-state index >= 15 is 0 Å². The van der Waals surface area contributed by atoms with Crippen LogP contribution in [-0.2, 0) is 9.22 Å². The molecule has 0 saturated carbocycles. The van der Waals surface area contributed by atoms with Crippen molar-refractivity contribution < 1.29 is 14.3 Å². The van der Waals surface area contributed by atoms with Gasteiger partial charge < -0.3 is 14.4 Å². The van der Waals surface area contributed by atoms with Gasteiger partial charge in [0.15, 0.2) is 5.78 Å². The van der Waals surface area contributed by atoms with E-state index in [4.69, 9.17) is 4.43 Å². The Kier molecular flexibility index (Phi) is 8.06. The van der Waals surface area contributed by atoms with Gasteiger partial charge in [0, 0.05) is 19.1 Å². The van der Waals surface area contributed by atoms with Crippen molar-refractivity contribution in [1.29, 1.82) is 0 Å². The maximum Gasteiger partial charge on any atom is 0.261 e. The molecule has 5 heteroatoms. The van der Waals surface area contributed by atoms with Crippen LogP contribution in [0.5, 0.6) is 0 Å². The quantitative estimate of drug-likeness (QED) is 0.508. The van der Waals surface area contributed by atoms with Crippen molar-refractivity contribution >= 4 is 24.5 Å². The predicted molar refractivity (Wildman–Crippen MR) is 150 cm³/mol. The van der Waals surface area contributed by atoms with E-state index in [1.807, 2.05) is 13.0 Å². The van der Waals surface area contributed by atoms with E-state index in [1.54, 1.807) is 0 Å². The second-order valence-electron chi connectivity index (χ2n) is 12.0. The number of likely N-dealkylation sites (tertiary alicyclic amines) is 1. The number of Topliss-reactive ketones (excluding diaryl/α,β-unsaturated/α-hetero) is 1. The maximum atomic E-state index is 13.2.